The normalized spacial score (nSPS) is 10.4. The van der Waals surface area contributed by atoms with E-state index < -0.39 is 0 Å². The first-order valence-corrected chi connectivity index (χ1v) is 7.36. The van der Waals surface area contributed by atoms with Crippen LogP contribution in [0.25, 0.3) is 11.1 Å². The zero-order valence-electron chi connectivity index (χ0n) is 12.6. The van der Waals surface area contributed by atoms with E-state index in [1.54, 1.807) is 0 Å². The standard InChI is InChI=1S/C20H19NO/c1-15-6-2-3-7-18(15)17-12-10-16(11-13-17)14-22-20-9-5-4-8-19(20)21/h2-13H,14,21H2,1H3. The molecule has 0 amide bonds. The average Bonchev–Trinajstić information content (AvgIpc) is 2.55. The Bertz CT molecular complexity index is 763. The van der Waals surface area contributed by atoms with Crippen LogP contribution in [0.2, 0.25) is 0 Å². The fourth-order valence-electron chi connectivity index (χ4n) is 2.45. The first kappa shape index (κ1) is 14.2. The molecule has 2 N–H and O–H groups in total. The summed E-state index contributed by atoms with van der Waals surface area (Å²) in [6, 6.07) is 24.4. The molecule has 0 bridgehead atoms. The van der Waals surface area contributed by atoms with E-state index in [1.807, 2.05) is 24.3 Å². The van der Waals surface area contributed by atoms with E-state index >= 15 is 0 Å². The number of aryl methyl sites for hydroxylation is 1. The van der Waals surface area contributed by atoms with Gasteiger partial charge in [0.05, 0.1) is 5.69 Å². The number of benzene rings is 3. The molecular weight excluding hydrogens is 270 g/mol. The molecule has 2 nitrogen and oxygen atoms in total. The van der Waals surface area contributed by atoms with Gasteiger partial charge in [-0.3, -0.25) is 0 Å². The van der Waals surface area contributed by atoms with Crippen molar-refractivity contribution in [3.8, 4) is 16.9 Å². The minimum atomic E-state index is 0.516. The Hall–Kier alpha value is -2.74. The number of nitrogens with two attached hydrogens (primary N) is 1. The third kappa shape index (κ3) is 3.12. The number of hydrogen-bond acceptors (Lipinski definition) is 2. The van der Waals surface area contributed by atoms with E-state index in [9.17, 15) is 0 Å². The molecule has 3 rings (SSSR count). The highest BCUT2D eigenvalue weighted by Gasteiger charge is 2.03. The molecule has 0 spiro atoms. The molecule has 2 heteroatoms. The molecule has 0 aliphatic heterocycles. The molecule has 0 atom stereocenters. The molecule has 110 valence electrons. The third-order valence-corrected chi connectivity index (χ3v) is 3.72. The van der Waals surface area contributed by atoms with Crippen molar-refractivity contribution in [2.24, 2.45) is 0 Å². The lowest BCUT2D eigenvalue weighted by Crippen LogP contribution is -1.98. The summed E-state index contributed by atoms with van der Waals surface area (Å²) in [5.41, 5.74) is 11.4. The molecule has 0 radical (unpaired) electrons. The predicted octanol–water partition coefficient (Wildman–Crippen LogP) is 4.82. The van der Waals surface area contributed by atoms with Crippen molar-refractivity contribution in [3.63, 3.8) is 0 Å². The molecule has 0 fully saturated rings. The largest absolute Gasteiger partial charge is 0.487 e. The van der Waals surface area contributed by atoms with Crippen LogP contribution >= 0.6 is 0 Å². The number of anilines is 1. The maximum absolute atomic E-state index is 5.88. The summed E-state index contributed by atoms with van der Waals surface area (Å²) in [7, 11) is 0. The summed E-state index contributed by atoms with van der Waals surface area (Å²) in [6.45, 7) is 2.65. The van der Waals surface area contributed by atoms with Gasteiger partial charge in [-0.15, -0.1) is 0 Å². The highest BCUT2D eigenvalue weighted by atomic mass is 16.5. The Morgan fingerprint density at radius 1 is 0.818 bits per heavy atom. The maximum Gasteiger partial charge on any atom is 0.142 e. The molecular formula is C20H19NO. The van der Waals surface area contributed by atoms with Gasteiger partial charge in [0.15, 0.2) is 0 Å². The molecule has 0 aromatic heterocycles. The van der Waals surface area contributed by atoms with Crippen molar-refractivity contribution in [1.82, 2.24) is 0 Å². The Morgan fingerprint density at radius 2 is 1.50 bits per heavy atom. The van der Waals surface area contributed by atoms with Gasteiger partial charge < -0.3 is 10.5 Å². The Balaban J connectivity index is 1.72. The van der Waals surface area contributed by atoms with Gasteiger partial charge in [0, 0.05) is 0 Å². The van der Waals surface area contributed by atoms with E-state index in [2.05, 4.69) is 55.5 Å². The van der Waals surface area contributed by atoms with E-state index in [4.69, 9.17) is 10.5 Å². The number of hydrogen-bond donors (Lipinski definition) is 1. The molecule has 3 aromatic rings. The van der Waals surface area contributed by atoms with Crippen LogP contribution < -0.4 is 10.5 Å². The molecule has 0 aliphatic carbocycles. The van der Waals surface area contributed by atoms with Gasteiger partial charge in [0.25, 0.3) is 0 Å². The Kier molecular flexibility index (Phi) is 4.10. The van der Waals surface area contributed by atoms with Gasteiger partial charge in [-0.2, -0.15) is 0 Å². The molecule has 0 unspecified atom stereocenters. The van der Waals surface area contributed by atoms with Crippen LogP contribution in [0.15, 0.2) is 72.8 Å². The van der Waals surface area contributed by atoms with Gasteiger partial charge in [0.2, 0.25) is 0 Å². The van der Waals surface area contributed by atoms with Gasteiger partial charge in [-0.1, -0.05) is 60.7 Å². The quantitative estimate of drug-likeness (QED) is 0.699. The Morgan fingerprint density at radius 3 is 2.23 bits per heavy atom. The van der Waals surface area contributed by atoms with Crippen molar-refractivity contribution in [1.29, 1.82) is 0 Å². The van der Waals surface area contributed by atoms with Crippen molar-refractivity contribution in [3.05, 3.63) is 83.9 Å². The summed E-state index contributed by atoms with van der Waals surface area (Å²) in [4.78, 5) is 0. The smallest absolute Gasteiger partial charge is 0.142 e. The van der Waals surface area contributed by atoms with Gasteiger partial charge in [0.1, 0.15) is 12.4 Å². The summed E-state index contributed by atoms with van der Waals surface area (Å²) >= 11 is 0. The lowest BCUT2D eigenvalue weighted by atomic mass is 10.00. The topological polar surface area (TPSA) is 35.2 Å². The fourth-order valence-corrected chi connectivity index (χ4v) is 2.45. The first-order chi connectivity index (χ1) is 10.7. The zero-order valence-corrected chi connectivity index (χ0v) is 12.6. The summed E-state index contributed by atoms with van der Waals surface area (Å²) in [5.74, 6) is 0.727. The van der Waals surface area contributed by atoms with Gasteiger partial charge >= 0.3 is 0 Å². The summed E-state index contributed by atoms with van der Waals surface area (Å²) < 4.78 is 5.77. The first-order valence-electron chi connectivity index (χ1n) is 7.36. The van der Waals surface area contributed by atoms with Gasteiger partial charge in [-0.25, -0.2) is 0 Å². The minimum absolute atomic E-state index is 0.516. The fraction of sp³-hybridized carbons (Fsp3) is 0.100. The van der Waals surface area contributed by atoms with Crippen molar-refractivity contribution >= 4 is 5.69 Å². The third-order valence-electron chi connectivity index (χ3n) is 3.72. The van der Waals surface area contributed by atoms with E-state index in [0.29, 0.717) is 12.3 Å². The highest BCUT2D eigenvalue weighted by molar-refractivity contribution is 5.67. The molecule has 0 saturated carbocycles. The minimum Gasteiger partial charge on any atom is -0.487 e. The van der Waals surface area contributed by atoms with Crippen molar-refractivity contribution in [2.45, 2.75) is 13.5 Å². The van der Waals surface area contributed by atoms with Gasteiger partial charge in [-0.05, 0) is 41.3 Å². The van der Waals surface area contributed by atoms with Crippen LogP contribution in [0, 0.1) is 6.92 Å². The monoisotopic (exact) mass is 289 g/mol. The average molecular weight is 289 g/mol. The van der Waals surface area contributed by atoms with Crippen LogP contribution in [0.1, 0.15) is 11.1 Å². The van der Waals surface area contributed by atoms with Crippen LogP contribution in [-0.2, 0) is 6.61 Å². The lowest BCUT2D eigenvalue weighted by molar-refractivity contribution is 0.308. The molecule has 0 aliphatic rings. The van der Waals surface area contributed by atoms with Crippen molar-refractivity contribution in [2.75, 3.05) is 5.73 Å². The predicted molar refractivity (Wildman–Crippen MR) is 91.8 cm³/mol. The summed E-state index contributed by atoms with van der Waals surface area (Å²) in [5, 5.41) is 0. The van der Waals surface area contributed by atoms with E-state index in [-0.39, 0.29) is 0 Å². The zero-order chi connectivity index (χ0) is 15.4. The van der Waals surface area contributed by atoms with Crippen LogP contribution in [0.4, 0.5) is 5.69 Å². The maximum atomic E-state index is 5.88. The molecule has 3 aromatic carbocycles. The van der Waals surface area contributed by atoms with E-state index in [0.717, 1.165) is 11.3 Å². The lowest BCUT2D eigenvalue weighted by Gasteiger charge is -2.10. The van der Waals surface area contributed by atoms with Crippen LogP contribution in [0.5, 0.6) is 5.75 Å². The number of ether oxygens (including phenoxy) is 1. The summed E-state index contributed by atoms with van der Waals surface area (Å²) in [6.07, 6.45) is 0. The second kappa shape index (κ2) is 6.35. The second-order valence-electron chi connectivity index (χ2n) is 5.34. The van der Waals surface area contributed by atoms with E-state index in [1.165, 1.54) is 16.7 Å². The number of nitrogen functional groups attached to an aromatic ring is 1. The Labute approximate surface area is 131 Å². The molecule has 0 heterocycles. The second-order valence-corrected chi connectivity index (χ2v) is 5.34. The van der Waals surface area contributed by atoms with Crippen LogP contribution in [-0.4, -0.2) is 0 Å². The molecule has 22 heavy (non-hydrogen) atoms. The number of para-hydroxylation sites is 2. The highest BCUT2D eigenvalue weighted by Crippen LogP contribution is 2.24. The van der Waals surface area contributed by atoms with Crippen LogP contribution in [0.3, 0.4) is 0 Å². The molecule has 0 saturated heterocycles. The number of rotatable bonds is 4. The van der Waals surface area contributed by atoms with Crippen molar-refractivity contribution < 1.29 is 4.74 Å². The SMILES string of the molecule is Cc1ccccc1-c1ccc(COc2ccccc2N)cc1.